The standard InChI is InChI=1S/C48H58ClN4O8PS/c1-30(2)50-47-52-41(29-63-47)40-24-44(37-20-19-35(59-3)22-39(37)51-40)60-36-23-42-43(54)26-48(62(57,58)28-32-14-9-12-18-38(32)49)25-33(48)15-8-6-4-5-7-13-31(46(56)53(42)27-36)21-45(55)61-34-16-10-11-17-34/h8-9,12,14-15,18-20,22,24,29-31,33-34,36,42H,4-7,10-11,13,16-17,21,23,25-28H2,1-3H3,(H,50,52)(H,57,58)/b15-8-/t31-,33-,36-,42+,48-/m1/s1. The summed E-state index contributed by atoms with van der Waals surface area (Å²) in [7, 11) is -2.45. The molecule has 8 rings (SSSR count). The number of Topliss-reactive ketones (excluding diaryl/α,β-unsaturated/α-hetero) is 1. The molecule has 2 aliphatic heterocycles. The predicted molar refractivity (Wildman–Crippen MR) is 247 cm³/mol. The van der Waals surface area contributed by atoms with Crippen LogP contribution in [-0.2, 0) is 29.8 Å². The van der Waals surface area contributed by atoms with Crippen molar-refractivity contribution in [3.8, 4) is 22.9 Å². The number of fused-ring (bicyclic) bond motifs is 3. The monoisotopic (exact) mass is 916 g/mol. The average molecular weight is 918 g/mol. The molecule has 6 atom stereocenters. The molecule has 0 spiro atoms. The van der Waals surface area contributed by atoms with E-state index >= 15 is 0 Å². The number of rotatable bonds is 12. The molecule has 63 heavy (non-hydrogen) atoms. The SMILES string of the molecule is COc1ccc2c(O[C@@H]3C[C@H]4C(=O)C[C@]5(P(=O)(O)Cc6ccccc6Cl)C[C@H]5/C=C\CCCCC[C@H](CC(=O)OC5CCCC5)C(=O)N4C3)cc(-c3csc(NC(C)C)n3)nc2c1. The number of anilines is 1. The van der Waals surface area contributed by atoms with Crippen molar-refractivity contribution in [1.82, 2.24) is 14.9 Å². The second kappa shape index (κ2) is 19.4. The fourth-order valence-electron chi connectivity index (χ4n) is 9.66. The Morgan fingerprint density at radius 2 is 1.83 bits per heavy atom. The number of halogens is 1. The number of allylic oxidation sites excluding steroid dienone is 2. The maximum Gasteiger partial charge on any atom is 0.306 e. The minimum atomic E-state index is -4.05. The number of thiazole rings is 1. The number of ketones is 1. The highest BCUT2D eigenvalue weighted by atomic mass is 35.5. The number of amides is 1. The molecule has 4 aliphatic rings. The minimum Gasteiger partial charge on any atom is -0.497 e. The van der Waals surface area contributed by atoms with Gasteiger partial charge in [-0.3, -0.25) is 18.9 Å². The van der Waals surface area contributed by atoms with Crippen LogP contribution < -0.4 is 14.8 Å². The summed E-state index contributed by atoms with van der Waals surface area (Å²) in [6.07, 6.45) is 10.8. The van der Waals surface area contributed by atoms with Gasteiger partial charge in [-0.25, -0.2) is 9.97 Å². The number of hydrogen-bond acceptors (Lipinski definition) is 11. The van der Waals surface area contributed by atoms with Crippen LogP contribution in [0.15, 0.2) is 66.1 Å². The first-order valence-corrected chi connectivity index (χ1v) is 25.5. The predicted octanol–water partition coefficient (Wildman–Crippen LogP) is 10.4. The third-order valence-electron chi connectivity index (χ3n) is 13.1. The van der Waals surface area contributed by atoms with Crippen LogP contribution in [0.3, 0.4) is 0 Å². The maximum absolute atomic E-state index is 15.0. The first-order valence-electron chi connectivity index (χ1n) is 22.4. The van der Waals surface area contributed by atoms with Crippen molar-refractivity contribution < 1.29 is 38.1 Å². The normalized spacial score (nSPS) is 26.0. The summed E-state index contributed by atoms with van der Waals surface area (Å²) >= 11 is 8.00. The van der Waals surface area contributed by atoms with Gasteiger partial charge in [0.25, 0.3) is 0 Å². The van der Waals surface area contributed by atoms with E-state index in [-0.39, 0.29) is 61.7 Å². The fourth-order valence-corrected chi connectivity index (χ4v) is 13.3. The van der Waals surface area contributed by atoms with E-state index in [0.717, 1.165) is 61.9 Å². The number of esters is 1. The van der Waals surface area contributed by atoms with Gasteiger partial charge in [-0.15, -0.1) is 11.3 Å². The van der Waals surface area contributed by atoms with Crippen molar-refractivity contribution in [2.24, 2.45) is 11.8 Å². The van der Waals surface area contributed by atoms with Gasteiger partial charge in [0.15, 0.2) is 10.9 Å². The summed E-state index contributed by atoms with van der Waals surface area (Å²) in [5, 5.41) is 5.97. The quantitative estimate of drug-likeness (QED) is 0.0792. The largest absolute Gasteiger partial charge is 0.497 e. The summed E-state index contributed by atoms with van der Waals surface area (Å²) in [4.78, 5) is 66.8. The molecule has 1 amide bonds. The highest BCUT2D eigenvalue weighted by Gasteiger charge is 2.65. The summed E-state index contributed by atoms with van der Waals surface area (Å²) in [5.41, 5.74) is 2.44. The Bertz CT molecular complexity index is 2400. The topological polar surface area (TPSA) is 157 Å². The van der Waals surface area contributed by atoms with E-state index in [4.69, 9.17) is 35.8 Å². The zero-order valence-corrected chi connectivity index (χ0v) is 38.8. The van der Waals surface area contributed by atoms with Gasteiger partial charge in [0, 0.05) is 52.7 Å². The van der Waals surface area contributed by atoms with E-state index in [2.05, 4.69) is 11.4 Å². The Morgan fingerprint density at radius 3 is 2.60 bits per heavy atom. The zero-order chi connectivity index (χ0) is 44.3. The van der Waals surface area contributed by atoms with Gasteiger partial charge < -0.3 is 29.3 Å². The number of nitrogens with zero attached hydrogens (tertiary/aromatic N) is 3. The Labute approximate surface area is 378 Å². The van der Waals surface area contributed by atoms with Crippen LogP contribution in [-0.4, -0.2) is 80.5 Å². The number of hydrogen-bond donors (Lipinski definition) is 2. The molecule has 2 aliphatic carbocycles. The van der Waals surface area contributed by atoms with Crippen molar-refractivity contribution in [2.45, 2.75) is 133 Å². The lowest BCUT2D eigenvalue weighted by atomic mass is 9.94. The van der Waals surface area contributed by atoms with Crippen molar-refractivity contribution in [3.05, 3.63) is 76.6 Å². The molecule has 2 aromatic heterocycles. The summed E-state index contributed by atoms with van der Waals surface area (Å²) in [5.74, 6) is -0.817. The Morgan fingerprint density at radius 1 is 1.03 bits per heavy atom. The smallest absolute Gasteiger partial charge is 0.306 e. The van der Waals surface area contributed by atoms with Crippen LogP contribution in [0.25, 0.3) is 22.3 Å². The number of pyridine rings is 1. The average Bonchev–Trinajstić information content (AvgIpc) is 3.66. The third kappa shape index (κ3) is 10.3. The molecule has 4 heterocycles. The number of methoxy groups -OCH3 is 1. The molecule has 3 fully saturated rings. The second-order valence-corrected chi connectivity index (χ2v) is 22.0. The number of aromatic nitrogens is 2. The van der Waals surface area contributed by atoms with Gasteiger partial charge in [0.05, 0.1) is 48.6 Å². The molecular weight excluding hydrogens is 859 g/mol. The second-order valence-electron chi connectivity index (χ2n) is 18.1. The zero-order valence-electron chi connectivity index (χ0n) is 36.3. The molecule has 2 N–H and O–H groups in total. The number of carbonyl (C=O) groups excluding carboxylic acids is 3. The van der Waals surface area contributed by atoms with Crippen molar-refractivity contribution in [1.29, 1.82) is 0 Å². The van der Waals surface area contributed by atoms with Gasteiger partial charge in [-0.2, -0.15) is 0 Å². The van der Waals surface area contributed by atoms with Crippen LogP contribution in [0.4, 0.5) is 5.13 Å². The lowest BCUT2D eigenvalue weighted by Crippen LogP contribution is -2.45. The molecule has 15 heteroatoms. The van der Waals surface area contributed by atoms with E-state index < -0.39 is 36.6 Å². The number of benzene rings is 2. The lowest BCUT2D eigenvalue weighted by Gasteiger charge is -2.30. The van der Waals surface area contributed by atoms with E-state index in [1.54, 1.807) is 36.3 Å². The van der Waals surface area contributed by atoms with Crippen molar-refractivity contribution >= 4 is 64.0 Å². The third-order valence-corrected chi connectivity index (χ3v) is 17.1. The molecule has 2 saturated carbocycles. The van der Waals surface area contributed by atoms with Gasteiger partial charge in [-0.05, 0) is 94.9 Å². The van der Waals surface area contributed by atoms with Crippen LogP contribution in [0.1, 0.15) is 103 Å². The molecule has 0 bridgehead atoms. The highest BCUT2D eigenvalue weighted by molar-refractivity contribution is 7.59. The van der Waals surface area contributed by atoms with Crippen LogP contribution in [0.5, 0.6) is 11.5 Å². The van der Waals surface area contributed by atoms with E-state index in [9.17, 15) is 23.8 Å². The molecule has 2 aromatic carbocycles. The Kier molecular flexibility index (Phi) is 14.0. The molecule has 336 valence electrons. The van der Waals surface area contributed by atoms with Gasteiger partial charge in [-0.1, -0.05) is 54.8 Å². The molecule has 0 radical (unpaired) electrons. The summed E-state index contributed by atoms with van der Waals surface area (Å²) < 4.78 is 33.0. The first kappa shape index (κ1) is 45.3. The molecular formula is C48H58ClN4O8PS. The molecule has 1 unspecified atom stereocenters. The fraction of sp³-hybridized carbons (Fsp3) is 0.521. The van der Waals surface area contributed by atoms with E-state index in [1.807, 2.05) is 49.6 Å². The van der Waals surface area contributed by atoms with Gasteiger partial charge in [0.1, 0.15) is 29.4 Å². The number of nitrogens with one attached hydrogen (secondary N) is 1. The molecule has 12 nitrogen and oxygen atoms in total. The number of carbonyl (C=O) groups is 3. The van der Waals surface area contributed by atoms with Gasteiger partial charge >= 0.3 is 5.97 Å². The lowest BCUT2D eigenvalue weighted by molar-refractivity contribution is -0.154. The molecule has 4 aromatic rings. The summed E-state index contributed by atoms with van der Waals surface area (Å²) in [6.45, 7) is 4.18. The van der Waals surface area contributed by atoms with Crippen molar-refractivity contribution in [2.75, 3.05) is 19.0 Å². The molecule has 1 saturated heterocycles. The van der Waals surface area contributed by atoms with Crippen LogP contribution in [0.2, 0.25) is 5.02 Å². The van der Waals surface area contributed by atoms with E-state index in [0.29, 0.717) is 51.8 Å². The van der Waals surface area contributed by atoms with Crippen LogP contribution >= 0.6 is 30.3 Å². The Balaban J connectivity index is 1.13. The van der Waals surface area contributed by atoms with Crippen LogP contribution in [0, 0.1) is 11.8 Å². The minimum absolute atomic E-state index is 0.0741. The summed E-state index contributed by atoms with van der Waals surface area (Å²) in [6, 6.07) is 13.7. The van der Waals surface area contributed by atoms with Gasteiger partial charge in [0.2, 0.25) is 13.3 Å². The number of ether oxygens (including phenoxy) is 3. The Hall–Kier alpha value is -4.29. The maximum atomic E-state index is 15.0. The van der Waals surface area contributed by atoms with Crippen molar-refractivity contribution in [3.63, 3.8) is 0 Å². The van der Waals surface area contributed by atoms with E-state index in [1.165, 1.54) is 11.3 Å². The highest BCUT2D eigenvalue weighted by Crippen LogP contribution is 2.74. The first-order chi connectivity index (χ1) is 30.3.